The Bertz CT molecular complexity index is 1410. The molecule has 0 fully saturated rings. The van der Waals surface area contributed by atoms with Crippen molar-refractivity contribution in [2.75, 3.05) is 12.0 Å². The summed E-state index contributed by atoms with van der Waals surface area (Å²) in [6.45, 7) is 1.95. The maximum atomic E-state index is 13.0. The Kier molecular flexibility index (Phi) is 8.46. The van der Waals surface area contributed by atoms with Gasteiger partial charge < -0.3 is 5.11 Å². The van der Waals surface area contributed by atoms with E-state index in [0.29, 0.717) is 10.6 Å². The number of hydrogen-bond acceptors (Lipinski definition) is 9. The number of fused-ring (bicyclic) bond motifs is 1. The Morgan fingerprint density at radius 3 is 2.11 bits per heavy atom. The van der Waals surface area contributed by atoms with E-state index in [2.05, 4.69) is 6.26 Å². The highest BCUT2D eigenvalue weighted by atomic mass is 32.3. The molecule has 2 aromatic carbocycles. The van der Waals surface area contributed by atoms with Crippen LogP contribution in [-0.2, 0) is 16.4 Å². The van der Waals surface area contributed by atoms with Crippen LogP contribution in [0.2, 0.25) is 0 Å². The minimum Gasteiger partial charge on any atom is -0.508 e. The van der Waals surface area contributed by atoms with Gasteiger partial charge in [0, 0.05) is 22.2 Å². The normalized spacial score (nSPS) is 15.7. The van der Waals surface area contributed by atoms with Crippen molar-refractivity contribution in [2.45, 2.75) is 34.5 Å². The summed E-state index contributed by atoms with van der Waals surface area (Å²) in [5.74, 6) is 1.35. The number of aryl methyl sites for hydroxylation is 2. The smallest absolute Gasteiger partial charge is 0.267 e. The lowest BCUT2D eigenvalue weighted by atomic mass is 10.1. The van der Waals surface area contributed by atoms with Gasteiger partial charge in [0.1, 0.15) is 5.75 Å². The molecule has 0 amide bonds. The molecule has 188 valence electrons. The fourth-order valence-electron chi connectivity index (χ4n) is 3.50. The topological polar surface area (TPSA) is 59.3 Å². The zero-order valence-corrected chi connectivity index (χ0v) is 25.2. The molecule has 2 aliphatic heterocycles. The fourth-order valence-corrected chi connectivity index (χ4v) is 13.1. The summed E-state index contributed by atoms with van der Waals surface area (Å²) in [6.07, 6.45) is 7.67. The molecule has 5 rings (SSSR count). The first-order valence-corrected chi connectivity index (χ1v) is 17.9. The summed E-state index contributed by atoms with van der Waals surface area (Å²) in [5.41, 5.74) is 2.28. The van der Waals surface area contributed by atoms with Crippen LogP contribution in [0.3, 0.4) is 0 Å². The van der Waals surface area contributed by atoms with Crippen molar-refractivity contribution in [1.29, 1.82) is 0 Å². The second-order valence-corrected chi connectivity index (χ2v) is 17.0. The van der Waals surface area contributed by atoms with Crippen molar-refractivity contribution in [1.82, 2.24) is 3.97 Å². The van der Waals surface area contributed by atoms with Crippen molar-refractivity contribution in [2.24, 2.45) is 0 Å². The largest absolute Gasteiger partial charge is 0.508 e. The van der Waals surface area contributed by atoms with Crippen LogP contribution in [0.5, 0.6) is 5.75 Å². The first-order chi connectivity index (χ1) is 17.3. The van der Waals surface area contributed by atoms with E-state index in [4.69, 9.17) is 0 Å². The van der Waals surface area contributed by atoms with E-state index in [9.17, 15) is 13.5 Å². The molecule has 4 nitrogen and oxygen atoms in total. The third-order valence-electron chi connectivity index (χ3n) is 5.40. The average molecular weight is 610 g/mol. The van der Waals surface area contributed by atoms with E-state index in [-0.39, 0.29) is 0 Å². The maximum absolute atomic E-state index is 13.0. The van der Waals surface area contributed by atoms with Gasteiger partial charge in [-0.25, -0.2) is 12.4 Å². The first-order valence-electron chi connectivity index (χ1n) is 11.0. The number of nitrogens with zero attached hydrogens (tertiary/aromatic N) is 1. The van der Waals surface area contributed by atoms with Gasteiger partial charge in [-0.2, -0.15) is 0 Å². The highest BCUT2D eigenvalue weighted by Gasteiger charge is 2.31. The van der Waals surface area contributed by atoms with Gasteiger partial charge in [-0.1, -0.05) is 76.9 Å². The molecule has 3 aromatic rings. The van der Waals surface area contributed by atoms with Crippen LogP contribution in [0, 0.1) is 6.92 Å². The second-order valence-electron chi connectivity index (χ2n) is 8.02. The van der Waals surface area contributed by atoms with E-state index in [0.717, 1.165) is 33.9 Å². The Balaban J connectivity index is 1.21. The molecule has 0 unspecified atom stereocenters. The Morgan fingerprint density at radius 2 is 1.47 bits per heavy atom. The quantitative estimate of drug-likeness (QED) is 0.254. The van der Waals surface area contributed by atoms with Gasteiger partial charge in [-0.15, -0.1) is 23.5 Å². The van der Waals surface area contributed by atoms with Gasteiger partial charge in [0.15, 0.2) is 0 Å². The molecular weight excluding hydrogens is 587 g/mol. The standard InChI is InChI=1S/C25H23NO3S7/c1-16-5-11-19(12-6-16)36(28,29)26-14-20-21(15-26)33-24(32-20)25-34-22(30-2)23(35-25)31-13-3-4-17-7-9-18(27)10-8-17/h5-12,14-15,27H,3-4,13H2,1-2H3. The predicted octanol–water partition coefficient (Wildman–Crippen LogP) is 8.40. The van der Waals surface area contributed by atoms with Gasteiger partial charge in [0.25, 0.3) is 10.0 Å². The van der Waals surface area contributed by atoms with Crippen molar-refractivity contribution in [3.05, 3.63) is 89.0 Å². The van der Waals surface area contributed by atoms with Crippen LogP contribution in [0.4, 0.5) is 0 Å². The highest BCUT2D eigenvalue weighted by Crippen LogP contribution is 2.64. The Labute approximate surface area is 237 Å². The predicted molar refractivity (Wildman–Crippen MR) is 162 cm³/mol. The second kappa shape index (κ2) is 11.4. The highest BCUT2D eigenvalue weighted by molar-refractivity contribution is 8.42. The molecule has 0 saturated carbocycles. The monoisotopic (exact) mass is 609 g/mol. The summed E-state index contributed by atoms with van der Waals surface area (Å²) in [7, 11) is -3.59. The van der Waals surface area contributed by atoms with Crippen LogP contribution in [-0.4, -0.2) is 29.5 Å². The fraction of sp³-hybridized carbons (Fsp3) is 0.200. The molecule has 36 heavy (non-hydrogen) atoms. The summed E-state index contributed by atoms with van der Waals surface area (Å²) in [5, 5.41) is 9.44. The number of rotatable bonds is 8. The minimum absolute atomic E-state index is 0.304. The number of aromatic hydroxyl groups is 1. The number of phenols is 1. The van der Waals surface area contributed by atoms with Crippen molar-refractivity contribution < 1.29 is 13.5 Å². The van der Waals surface area contributed by atoms with Gasteiger partial charge in [-0.3, -0.25) is 0 Å². The summed E-state index contributed by atoms with van der Waals surface area (Å²) in [6, 6.07) is 14.4. The number of benzene rings is 2. The lowest BCUT2D eigenvalue weighted by Crippen LogP contribution is -2.10. The average Bonchev–Trinajstić information content (AvgIpc) is 3.56. The van der Waals surface area contributed by atoms with Crippen LogP contribution < -0.4 is 0 Å². The molecule has 0 aliphatic carbocycles. The van der Waals surface area contributed by atoms with Crippen LogP contribution in [0.25, 0.3) is 0 Å². The van der Waals surface area contributed by atoms with Gasteiger partial charge in [0.05, 0.1) is 21.8 Å². The molecule has 0 bridgehead atoms. The van der Waals surface area contributed by atoms with Crippen LogP contribution in [0.15, 0.2) is 92.6 Å². The lowest BCUT2D eigenvalue weighted by Gasteiger charge is -2.07. The molecule has 3 heterocycles. The molecule has 0 spiro atoms. The van der Waals surface area contributed by atoms with Gasteiger partial charge in [-0.05, 0) is 61.6 Å². The SMILES string of the molecule is CSC1=C(SCCCc2ccc(O)cc2)SC(=C2Sc3cn(S(=O)(=O)c4ccc(C)cc4)cc3S2)S1. The van der Waals surface area contributed by atoms with Crippen LogP contribution >= 0.6 is 70.6 Å². The van der Waals surface area contributed by atoms with Gasteiger partial charge >= 0.3 is 0 Å². The lowest BCUT2D eigenvalue weighted by molar-refractivity contribution is 0.475. The molecular formula is C25H23NO3S7. The number of phenolic OH excluding ortho intramolecular Hbond substituents is 1. The number of aromatic nitrogens is 1. The van der Waals surface area contributed by atoms with E-state index in [1.165, 1.54) is 26.5 Å². The molecule has 0 saturated heterocycles. The molecule has 1 aromatic heterocycles. The molecule has 11 heteroatoms. The Hall–Kier alpha value is -0.950. The Morgan fingerprint density at radius 1 is 0.861 bits per heavy atom. The molecule has 1 N–H and O–H groups in total. The third kappa shape index (κ3) is 5.87. The summed E-state index contributed by atoms with van der Waals surface area (Å²) < 4.78 is 32.6. The summed E-state index contributed by atoms with van der Waals surface area (Å²) in [4.78, 5) is 2.28. The summed E-state index contributed by atoms with van der Waals surface area (Å²) >= 11 is 10.7. The number of hydrogen-bond donors (Lipinski definition) is 1. The van der Waals surface area contributed by atoms with E-state index < -0.39 is 10.0 Å². The van der Waals surface area contributed by atoms with E-state index in [1.807, 2.05) is 66.5 Å². The first kappa shape index (κ1) is 26.6. The number of thioether (sulfide) groups is 6. The van der Waals surface area contributed by atoms with Crippen molar-refractivity contribution >= 4 is 80.6 Å². The minimum atomic E-state index is -3.59. The zero-order chi connectivity index (χ0) is 25.3. The van der Waals surface area contributed by atoms with Crippen molar-refractivity contribution in [3.8, 4) is 5.75 Å². The van der Waals surface area contributed by atoms with E-state index in [1.54, 1.807) is 71.9 Å². The zero-order valence-electron chi connectivity index (χ0n) is 19.5. The van der Waals surface area contributed by atoms with Gasteiger partial charge in [0.2, 0.25) is 0 Å². The van der Waals surface area contributed by atoms with Crippen molar-refractivity contribution in [3.63, 3.8) is 0 Å². The van der Waals surface area contributed by atoms with E-state index >= 15 is 0 Å². The third-order valence-corrected chi connectivity index (χ3v) is 15.5. The molecule has 0 atom stereocenters. The maximum Gasteiger partial charge on any atom is 0.267 e. The molecule has 0 radical (unpaired) electrons. The van der Waals surface area contributed by atoms with Crippen LogP contribution in [0.1, 0.15) is 17.5 Å². The molecule has 2 aliphatic rings.